The summed E-state index contributed by atoms with van der Waals surface area (Å²) in [5.74, 6) is 0. The maximum atomic E-state index is 5.45. The minimum atomic E-state index is -2.10. The van der Waals surface area contributed by atoms with Crippen LogP contribution in [0.4, 0.5) is 0 Å². The van der Waals surface area contributed by atoms with Gasteiger partial charge in [0.15, 0.2) is 0 Å². The summed E-state index contributed by atoms with van der Waals surface area (Å²) in [4.78, 5) is 0.213. The van der Waals surface area contributed by atoms with E-state index >= 15 is 0 Å². The molecule has 0 rings (SSSR count). The highest BCUT2D eigenvalue weighted by molar-refractivity contribution is 7.83. The quantitative estimate of drug-likeness (QED) is 0.408. The fourth-order valence-electron chi connectivity index (χ4n) is 1.17. The van der Waals surface area contributed by atoms with Crippen molar-refractivity contribution in [3.8, 4) is 0 Å². The van der Waals surface area contributed by atoms with E-state index in [1.54, 1.807) is 14.2 Å². The van der Waals surface area contributed by atoms with Gasteiger partial charge in [-0.3, -0.25) is 0 Å². The topological polar surface area (TPSA) is 18.5 Å². The summed E-state index contributed by atoms with van der Waals surface area (Å²) in [6, 6.07) is 0.794. The SMILES string of the molecule is C=CC[Si](OC)(OC)C(S)CC. The second-order valence-corrected chi connectivity index (χ2v) is 7.29. The first-order valence-corrected chi connectivity index (χ1v) is 6.67. The highest BCUT2D eigenvalue weighted by atomic mass is 32.1. The van der Waals surface area contributed by atoms with E-state index in [4.69, 9.17) is 8.85 Å². The Morgan fingerprint density at radius 2 is 2.00 bits per heavy atom. The largest absolute Gasteiger partial charge is 0.397 e. The van der Waals surface area contributed by atoms with Gasteiger partial charge in [-0.2, -0.15) is 12.6 Å². The van der Waals surface area contributed by atoms with Crippen molar-refractivity contribution < 1.29 is 8.85 Å². The molecule has 0 aromatic heterocycles. The highest BCUT2D eigenvalue weighted by Gasteiger charge is 2.40. The van der Waals surface area contributed by atoms with Crippen molar-refractivity contribution in [2.24, 2.45) is 0 Å². The second-order valence-electron chi connectivity index (χ2n) is 2.64. The molecule has 4 heteroatoms. The highest BCUT2D eigenvalue weighted by Crippen LogP contribution is 2.23. The molecule has 0 N–H and O–H groups in total. The van der Waals surface area contributed by atoms with Gasteiger partial charge in [-0.25, -0.2) is 0 Å². The zero-order chi connectivity index (χ0) is 9.61. The molecule has 0 aromatic carbocycles. The summed E-state index contributed by atoms with van der Waals surface area (Å²) in [6.45, 7) is 5.78. The molecule has 0 aromatic rings. The third-order valence-electron chi connectivity index (χ3n) is 2.01. The van der Waals surface area contributed by atoms with Gasteiger partial charge in [0.25, 0.3) is 0 Å². The average molecular weight is 206 g/mol. The predicted octanol–water partition coefficient (Wildman–Crippen LogP) is 2.16. The summed E-state index contributed by atoms with van der Waals surface area (Å²) in [5.41, 5.74) is 0. The lowest BCUT2D eigenvalue weighted by Crippen LogP contribution is -2.48. The Labute approximate surface area is 81.6 Å². The molecule has 72 valence electrons. The first-order chi connectivity index (χ1) is 5.66. The maximum absolute atomic E-state index is 5.45. The van der Waals surface area contributed by atoms with E-state index in [2.05, 4.69) is 26.1 Å². The van der Waals surface area contributed by atoms with E-state index in [9.17, 15) is 0 Å². The van der Waals surface area contributed by atoms with Crippen molar-refractivity contribution in [2.45, 2.75) is 24.3 Å². The molecule has 2 nitrogen and oxygen atoms in total. The monoisotopic (exact) mass is 206 g/mol. The van der Waals surface area contributed by atoms with E-state index < -0.39 is 8.56 Å². The van der Waals surface area contributed by atoms with Gasteiger partial charge in [-0.05, 0) is 6.42 Å². The van der Waals surface area contributed by atoms with Crippen molar-refractivity contribution in [3.63, 3.8) is 0 Å². The molecule has 0 bridgehead atoms. The van der Waals surface area contributed by atoms with Gasteiger partial charge < -0.3 is 8.85 Å². The summed E-state index contributed by atoms with van der Waals surface area (Å²) in [7, 11) is 1.28. The zero-order valence-electron chi connectivity index (χ0n) is 8.04. The Morgan fingerprint density at radius 1 is 1.50 bits per heavy atom. The minimum Gasteiger partial charge on any atom is -0.397 e. The van der Waals surface area contributed by atoms with Crippen LogP contribution in [0.5, 0.6) is 0 Å². The normalized spacial score (nSPS) is 14.3. The predicted molar refractivity (Wildman–Crippen MR) is 57.8 cm³/mol. The Bertz CT molecular complexity index is 137. The molecule has 0 radical (unpaired) electrons. The minimum absolute atomic E-state index is 0.213. The van der Waals surface area contributed by atoms with Crippen molar-refractivity contribution >= 4 is 21.2 Å². The van der Waals surface area contributed by atoms with Gasteiger partial charge in [0, 0.05) is 25.1 Å². The third-order valence-corrected chi connectivity index (χ3v) is 7.22. The van der Waals surface area contributed by atoms with Crippen molar-refractivity contribution in [1.82, 2.24) is 0 Å². The molecule has 0 aliphatic carbocycles. The molecular weight excluding hydrogens is 188 g/mol. The van der Waals surface area contributed by atoms with E-state index in [0.29, 0.717) is 0 Å². The van der Waals surface area contributed by atoms with Crippen LogP contribution in [0, 0.1) is 0 Å². The number of allylic oxidation sites excluding steroid dienone is 1. The lowest BCUT2D eigenvalue weighted by atomic mass is 10.6. The molecule has 0 aliphatic rings. The Morgan fingerprint density at radius 3 is 2.25 bits per heavy atom. The van der Waals surface area contributed by atoms with Crippen LogP contribution in [-0.4, -0.2) is 27.7 Å². The molecule has 12 heavy (non-hydrogen) atoms. The fourth-order valence-corrected chi connectivity index (χ4v) is 4.46. The molecule has 1 atom stereocenters. The molecule has 0 heterocycles. The Balaban J connectivity index is 4.43. The first-order valence-electron chi connectivity index (χ1n) is 4.06. The van der Waals surface area contributed by atoms with Gasteiger partial charge >= 0.3 is 8.56 Å². The van der Waals surface area contributed by atoms with Crippen LogP contribution in [0.3, 0.4) is 0 Å². The first kappa shape index (κ1) is 12.2. The average Bonchev–Trinajstić information content (AvgIpc) is 2.13. The van der Waals surface area contributed by atoms with E-state index in [-0.39, 0.29) is 4.87 Å². The zero-order valence-corrected chi connectivity index (χ0v) is 9.93. The Kier molecular flexibility index (Phi) is 5.91. The molecule has 0 saturated heterocycles. The molecule has 0 amide bonds. The lowest BCUT2D eigenvalue weighted by Gasteiger charge is -2.30. The fraction of sp³-hybridized carbons (Fsp3) is 0.750. The van der Waals surface area contributed by atoms with E-state index in [1.807, 2.05) is 6.08 Å². The number of thiol groups is 1. The summed E-state index contributed by atoms with van der Waals surface area (Å²) < 4.78 is 10.9. The van der Waals surface area contributed by atoms with Crippen LogP contribution in [0.1, 0.15) is 13.3 Å². The van der Waals surface area contributed by atoms with Gasteiger partial charge in [0.05, 0.1) is 0 Å². The van der Waals surface area contributed by atoms with E-state index in [0.717, 1.165) is 12.5 Å². The summed E-state index contributed by atoms with van der Waals surface area (Å²) in [6.07, 6.45) is 2.81. The smallest absolute Gasteiger partial charge is 0.354 e. The molecule has 1 unspecified atom stereocenters. The Hall–Kier alpha value is 0.227. The summed E-state index contributed by atoms with van der Waals surface area (Å²) in [5, 5.41) is 0. The summed E-state index contributed by atoms with van der Waals surface area (Å²) >= 11 is 4.47. The number of rotatable bonds is 6. The number of hydrogen-bond donors (Lipinski definition) is 1. The van der Waals surface area contributed by atoms with Crippen molar-refractivity contribution in [2.75, 3.05) is 14.2 Å². The molecular formula is C8H18O2SSi. The third kappa shape index (κ3) is 2.62. The van der Waals surface area contributed by atoms with Gasteiger partial charge in [-0.15, -0.1) is 6.58 Å². The van der Waals surface area contributed by atoms with E-state index in [1.165, 1.54) is 0 Å². The molecule has 0 saturated carbocycles. The van der Waals surface area contributed by atoms with Crippen LogP contribution >= 0.6 is 12.6 Å². The van der Waals surface area contributed by atoms with Crippen LogP contribution in [0.2, 0.25) is 6.04 Å². The van der Waals surface area contributed by atoms with Crippen molar-refractivity contribution in [3.05, 3.63) is 12.7 Å². The molecule has 0 fully saturated rings. The lowest BCUT2D eigenvalue weighted by molar-refractivity contribution is 0.242. The van der Waals surface area contributed by atoms with Crippen LogP contribution in [0.15, 0.2) is 12.7 Å². The molecule has 0 aliphatic heterocycles. The van der Waals surface area contributed by atoms with Crippen LogP contribution in [-0.2, 0) is 8.85 Å². The standard InChI is InChI=1S/C8H18O2SSi/c1-5-7-12(9-3,10-4)8(11)6-2/h5,8,11H,1,6-7H2,2-4H3. The van der Waals surface area contributed by atoms with Crippen molar-refractivity contribution in [1.29, 1.82) is 0 Å². The number of hydrogen-bond acceptors (Lipinski definition) is 3. The maximum Gasteiger partial charge on any atom is 0.354 e. The van der Waals surface area contributed by atoms with Gasteiger partial charge in [0.2, 0.25) is 0 Å². The second kappa shape index (κ2) is 5.80. The van der Waals surface area contributed by atoms with Crippen LogP contribution < -0.4 is 0 Å². The van der Waals surface area contributed by atoms with Gasteiger partial charge in [-0.1, -0.05) is 13.0 Å². The van der Waals surface area contributed by atoms with Crippen LogP contribution in [0.25, 0.3) is 0 Å². The van der Waals surface area contributed by atoms with Gasteiger partial charge in [0.1, 0.15) is 0 Å². The molecule has 0 spiro atoms.